The average molecular weight is 701 g/mol. The van der Waals surface area contributed by atoms with Gasteiger partial charge in [-0.05, 0) is 48.2 Å². The standard InChI is InChI=1S/C35H36N6O6S2/c1-4-45-23(3)46-31(26-18-12-7-13-19-26)32(42)38-28-33(43)40-29(27(20-48-34(28)40)22(2)49-41-37-21-36-39-41)35(44)47-30(24-14-8-5-9-15-24)25-16-10-6-11-17-25/h5-19,21-23,28,30-31,34H,4,20H2,1-3H3,(H,38,42)/t22?,23?,28?,31?,34-/m0/s1. The molecule has 4 unspecified atom stereocenters. The quantitative estimate of drug-likeness (QED) is 0.112. The molecular formula is C35H36N6O6S2. The van der Waals surface area contributed by atoms with E-state index in [-0.39, 0.29) is 10.9 Å². The highest BCUT2D eigenvalue weighted by Crippen LogP contribution is 2.44. The molecule has 2 amide bonds. The fourth-order valence-electron chi connectivity index (χ4n) is 5.72. The molecule has 1 saturated heterocycles. The SMILES string of the molecule is CCOC(C)OC(C(=O)NC1C(=O)N2C(C(=O)OC(c3ccccc3)c3ccccc3)=C(C(C)Sn3ncnn3)CS[C@@H]12)c1ccccc1. The number of fused-ring (bicyclic) bond motifs is 1. The zero-order valence-electron chi connectivity index (χ0n) is 27.1. The predicted octanol–water partition coefficient (Wildman–Crippen LogP) is 4.69. The summed E-state index contributed by atoms with van der Waals surface area (Å²) in [4.78, 5) is 43.5. The van der Waals surface area contributed by atoms with Gasteiger partial charge >= 0.3 is 5.97 Å². The first-order chi connectivity index (χ1) is 23.9. The van der Waals surface area contributed by atoms with Crippen LogP contribution in [-0.2, 0) is 28.6 Å². The van der Waals surface area contributed by atoms with Crippen LogP contribution in [0.25, 0.3) is 0 Å². The second-order valence-electron chi connectivity index (χ2n) is 11.3. The summed E-state index contributed by atoms with van der Waals surface area (Å²) in [6.07, 6.45) is -1.07. The van der Waals surface area contributed by atoms with Crippen LogP contribution >= 0.6 is 23.7 Å². The largest absolute Gasteiger partial charge is 0.448 e. The fourth-order valence-corrected chi connectivity index (χ4v) is 8.08. The Hall–Kier alpha value is -4.50. The summed E-state index contributed by atoms with van der Waals surface area (Å²) in [6, 6.07) is 27.1. The fraction of sp³-hybridized carbons (Fsp3) is 0.314. The van der Waals surface area contributed by atoms with E-state index in [2.05, 4.69) is 20.7 Å². The molecule has 3 heterocycles. The molecule has 0 radical (unpaired) electrons. The van der Waals surface area contributed by atoms with E-state index >= 15 is 0 Å². The van der Waals surface area contributed by atoms with Crippen LogP contribution in [0.1, 0.15) is 49.7 Å². The van der Waals surface area contributed by atoms with Crippen LogP contribution in [0.15, 0.2) is 109 Å². The Balaban J connectivity index is 1.29. The number of ether oxygens (including phenoxy) is 3. The second-order valence-corrected chi connectivity index (χ2v) is 13.6. The lowest BCUT2D eigenvalue weighted by molar-refractivity contribution is -0.175. The van der Waals surface area contributed by atoms with E-state index in [1.54, 1.807) is 19.1 Å². The van der Waals surface area contributed by atoms with Crippen LogP contribution in [0.3, 0.4) is 0 Å². The van der Waals surface area contributed by atoms with Gasteiger partial charge in [0.2, 0.25) is 0 Å². The molecule has 14 heteroatoms. The van der Waals surface area contributed by atoms with Crippen LogP contribution < -0.4 is 5.32 Å². The molecule has 2 aliphatic rings. The number of rotatable bonds is 14. The number of tetrazole rings is 1. The van der Waals surface area contributed by atoms with E-state index in [0.29, 0.717) is 23.5 Å². The van der Waals surface area contributed by atoms with Crippen molar-refractivity contribution in [3.63, 3.8) is 0 Å². The van der Waals surface area contributed by atoms with Crippen LogP contribution in [0.5, 0.6) is 0 Å². The van der Waals surface area contributed by atoms with E-state index in [9.17, 15) is 14.4 Å². The molecule has 1 N–H and O–H groups in total. The first-order valence-corrected chi connectivity index (χ1v) is 17.7. The zero-order chi connectivity index (χ0) is 34.3. The number of hydrogen-bond donors (Lipinski definition) is 1. The summed E-state index contributed by atoms with van der Waals surface area (Å²) < 4.78 is 19.2. The minimum atomic E-state index is -1.02. The van der Waals surface area contributed by atoms with Gasteiger partial charge < -0.3 is 19.5 Å². The number of nitrogens with one attached hydrogen (secondary N) is 1. The van der Waals surface area contributed by atoms with Crippen molar-refractivity contribution in [1.82, 2.24) is 29.8 Å². The molecule has 0 spiro atoms. The Bertz CT molecular complexity index is 1720. The van der Waals surface area contributed by atoms with Crippen LogP contribution in [-0.4, -0.2) is 77.6 Å². The molecule has 1 aromatic heterocycles. The average Bonchev–Trinajstić information content (AvgIpc) is 3.65. The van der Waals surface area contributed by atoms with Crippen molar-refractivity contribution < 1.29 is 28.6 Å². The van der Waals surface area contributed by atoms with E-state index in [4.69, 9.17) is 14.2 Å². The molecule has 2 aliphatic heterocycles. The maximum Gasteiger partial charge on any atom is 0.356 e. The number of β-lactam (4-membered cyclic amide) rings is 1. The number of amides is 2. The van der Waals surface area contributed by atoms with Crippen LogP contribution in [0, 0.1) is 0 Å². The highest BCUT2D eigenvalue weighted by Gasteiger charge is 2.55. The predicted molar refractivity (Wildman–Crippen MR) is 184 cm³/mol. The van der Waals surface area contributed by atoms with Gasteiger partial charge in [0.1, 0.15) is 17.1 Å². The van der Waals surface area contributed by atoms with Crippen molar-refractivity contribution in [1.29, 1.82) is 0 Å². The maximum absolute atomic E-state index is 14.3. The number of carbonyl (C=O) groups excluding carboxylic acids is 3. The molecule has 1 fully saturated rings. The zero-order valence-corrected chi connectivity index (χ0v) is 28.8. The van der Waals surface area contributed by atoms with Gasteiger partial charge in [-0.3, -0.25) is 14.5 Å². The number of nitrogens with zero attached hydrogens (tertiary/aromatic N) is 5. The van der Waals surface area contributed by atoms with E-state index in [0.717, 1.165) is 11.1 Å². The third-order valence-corrected chi connectivity index (χ3v) is 10.3. The molecule has 254 valence electrons. The van der Waals surface area contributed by atoms with Gasteiger partial charge in [0.15, 0.2) is 24.8 Å². The molecule has 49 heavy (non-hydrogen) atoms. The molecule has 12 nitrogen and oxygen atoms in total. The molecular weight excluding hydrogens is 665 g/mol. The van der Waals surface area contributed by atoms with Crippen LogP contribution in [0.4, 0.5) is 0 Å². The Kier molecular flexibility index (Phi) is 11.1. The summed E-state index contributed by atoms with van der Waals surface area (Å²) in [5.41, 5.74) is 3.03. The molecule has 0 saturated carbocycles. The normalized spacial score (nSPS) is 19.1. The lowest BCUT2D eigenvalue weighted by Crippen LogP contribution is -2.71. The van der Waals surface area contributed by atoms with Gasteiger partial charge in [0.25, 0.3) is 11.8 Å². The Morgan fingerprint density at radius 1 is 0.959 bits per heavy atom. The third kappa shape index (κ3) is 7.72. The van der Waals surface area contributed by atoms with Crippen molar-refractivity contribution in [2.24, 2.45) is 0 Å². The Morgan fingerprint density at radius 2 is 1.57 bits per heavy atom. The highest BCUT2D eigenvalue weighted by molar-refractivity contribution is 8.00. The Morgan fingerprint density at radius 3 is 2.14 bits per heavy atom. The minimum absolute atomic E-state index is 0.150. The van der Waals surface area contributed by atoms with E-state index in [1.165, 1.54) is 39.1 Å². The molecule has 0 aliphatic carbocycles. The van der Waals surface area contributed by atoms with Crippen molar-refractivity contribution in [3.05, 3.63) is 125 Å². The summed E-state index contributed by atoms with van der Waals surface area (Å²) in [5, 5.41) is 13.9. The van der Waals surface area contributed by atoms with E-state index < -0.39 is 47.7 Å². The molecule has 6 rings (SSSR count). The molecule has 4 aromatic rings. The monoisotopic (exact) mass is 700 g/mol. The number of carbonyl (C=O) groups is 3. The number of hydrogen-bond acceptors (Lipinski definition) is 11. The summed E-state index contributed by atoms with van der Waals surface area (Å²) in [5.74, 6) is -1.15. The smallest absolute Gasteiger partial charge is 0.356 e. The third-order valence-electron chi connectivity index (χ3n) is 8.06. The van der Waals surface area contributed by atoms with Crippen molar-refractivity contribution in [2.75, 3.05) is 12.4 Å². The molecule has 3 aromatic carbocycles. The lowest BCUT2D eigenvalue weighted by Gasteiger charge is -2.50. The number of benzene rings is 3. The number of thioether (sulfide) groups is 1. The van der Waals surface area contributed by atoms with Crippen molar-refractivity contribution in [2.45, 2.75) is 55.9 Å². The first-order valence-electron chi connectivity index (χ1n) is 15.9. The first kappa shape index (κ1) is 34.4. The Labute approximate surface area is 292 Å². The van der Waals surface area contributed by atoms with Crippen molar-refractivity contribution >= 4 is 41.5 Å². The summed E-state index contributed by atoms with van der Waals surface area (Å²) in [6.45, 7) is 5.88. The van der Waals surface area contributed by atoms with Gasteiger partial charge in [0.05, 0.1) is 0 Å². The number of aromatic nitrogens is 4. The minimum Gasteiger partial charge on any atom is -0.448 e. The molecule has 0 bridgehead atoms. The molecule has 5 atom stereocenters. The van der Waals surface area contributed by atoms with Gasteiger partial charge in [-0.1, -0.05) is 91.0 Å². The highest BCUT2D eigenvalue weighted by atomic mass is 32.2. The summed E-state index contributed by atoms with van der Waals surface area (Å²) in [7, 11) is 0. The maximum atomic E-state index is 14.3. The summed E-state index contributed by atoms with van der Waals surface area (Å²) >= 11 is 2.72. The lowest BCUT2D eigenvalue weighted by atomic mass is 9.99. The van der Waals surface area contributed by atoms with Gasteiger partial charge in [-0.15, -0.1) is 26.2 Å². The van der Waals surface area contributed by atoms with Gasteiger partial charge in [-0.2, -0.15) is 0 Å². The number of esters is 1. The van der Waals surface area contributed by atoms with Crippen LogP contribution in [0.2, 0.25) is 0 Å². The second kappa shape index (κ2) is 15.8. The van der Waals surface area contributed by atoms with E-state index in [1.807, 2.05) is 92.7 Å². The van der Waals surface area contributed by atoms with Gasteiger partial charge in [-0.25, -0.2) is 4.79 Å². The van der Waals surface area contributed by atoms with Crippen molar-refractivity contribution in [3.8, 4) is 0 Å². The topological polar surface area (TPSA) is 138 Å². The van der Waals surface area contributed by atoms with Gasteiger partial charge in [0, 0.05) is 29.6 Å².